The second-order valence-corrected chi connectivity index (χ2v) is 11.0. The lowest BCUT2D eigenvalue weighted by atomic mass is 9.89. The minimum atomic E-state index is -4.68. The average Bonchev–Trinajstić information content (AvgIpc) is 2.90. The number of nitrogens with zero attached hydrogens (tertiary/aromatic N) is 2. The Morgan fingerprint density at radius 1 is 0.711 bits per heavy atom. The van der Waals surface area contributed by atoms with Crippen molar-refractivity contribution in [3.05, 3.63) is 88.0 Å². The van der Waals surface area contributed by atoms with Crippen LogP contribution in [0.25, 0.3) is 0 Å². The third kappa shape index (κ3) is 10.0. The molecule has 0 bridgehead atoms. The second kappa shape index (κ2) is 13.6. The van der Waals surface area contributed by atoms with Crippen molar-refractivity contribution in [1.29, 1.82) is 0 Å². The SMILES string of the molecule is CN(Cc1cc(C(F)(F)F)ccc1O)CC(C)(C/N=C/c1cc(C(F)(F)F)ccc1O)CNCc1cc(C(F)(F)F)ccc1O. The van der Waals surface area contributed by atoms with Gasteiger partial charge in [0.2, 0.25) is 0 Å². The van der Waals surface area contributed by atoms with Crippen molar-refractivity contribution in [1.82, 2.24) is 10.2 Å². The fourth-order valence-electron chi connectivity index (χ4n) is 4.65. The van der Waals surface area contributed by atoms with E-state index in [1.165, 1.54) is 0 Å². The van der Waals surface area contributed by atoms with Crippen LogP contribution in [0.5, 0.6) is 17.2 Å². The molecule has 0 aliphatic carbocycles. The van der Waals surface area contributed by atoms with Crippen LogP contribution in [0, 0.1) is 5.41 Å². The van der Waals surface area contributed by atoms with Gasteiger partial charge < -0.3 is 25.5 Å². The average molecular weight is 652 g/mol. The van der Waals surface area contributed by atoms with Crippen molar-refractivity contribution in [3.8, 4) is 17.2 Å². The van der Waals surface area contributed by atoms with Gasteiger partial charge in [-0.1, -0.05) is 6.92 Å². The highest BCUT2D eigenvalue weighted by Gasteiger charge is 2.33. The van der Waals surface area contributed by atoms with Gasteiger partial charge in [0.25, 0.3) is 0 Å². The predicted octanol–water partition coefficient (Wildman–Crippen LogP) is 7.21. The third-order valence-corrected chi connectivity index (χ3v) is 6.83. The first-order chi connectivity index (χ1) is 20.7. The Hall–Kier alpha value is -3.98. The quantitative estimate of drug-likeness (QED) is 0.130. The highest BCUT2D eigenvalue weighted by Crippen LogP contribution is 2.35. The summed E-state index contributed by atoms with van der Waals surface area (Å²) in [6.07, 6.45) is -13.0. The maximum atomic E-state index is 13.2. The molecule has 0 spiro atoms. The van der Waals surface area contributed by atoms with Gasteiger partial charge in [0.1, 0.15) is 17.2 Å². The number of aromatic hydroxyl groups is 3. The Bertz CT molecular complexity index is 1500. The highest BCUT2D eigenvalue weighted by atomic mass is 19.4. The van der Waals surface area contributed by atoms with E-state index in [0.29, 0.717) is 12.1 Å². The molecule has 0 heterocycles. The molecule has 6 nitrogen and oxygen atoms in total. The number of alkyl halides is 9. The van der Waals surface area contributed by atoms with Gasteiger partial charge in [-0.15, -0.1) is 0 Å². The van der Waals surface area contributed by atoms with Crippen LogP contribution in [0.2, 0.25) is 0 Å². The normalized spacial score (nSPS) is 14.3. The number of benzene rings is 3. The number of rotatable bonds is 11. The summed E-state index contributed by atoms with van der Waals surface area (Å²) in [7, 11) is 1.54. The summed E-state index contributed by atoms with van der Waals surface area (Å²) in [6, 6.07) is 7.10. The molecular formula is C30H30F9N3O3. The molecule has 1 unspecified atom stereocenters. The fraction of sp³-hybridized carbons (Fsp3) is 0.367. The Balaban J connectivity index is 1.84. The fourth-order valence-corrected chi connectivity index (χ4v) is 4.65. The molecule has 0 aliphatic heterocycles. The lowest BCUT2D eigenvalue weighted by molar-refractivity contribution is -0.138. The van der Waals surface area contributed by atoms with E-state index in [2.05, 4.69) is 10.3 Å². The van der Waals surface area contributed by atoms with Crippen molar-refractivity contribution >= 4 is 6.21 Å². The first-order valence-electron chi connectivity index (χ1n) is 13.3. The topological polar surface area (TPSA) is 88.3 Å². The molecule has 15 heteroatoms. The lowest BCUT2D eigenvalue weighted by Gasteiger charge is -2.33. The molecule has 3 aromatic carbocycles. The first-order valence-corrected chi connectivity index (χ1v) is 13.3. The number of nitrogens with one attached hydrogen (secondary N) is 1. The second-order valence-electron chi connectivity index (χ2n) is 11.0. The van der Waals surface area contributed by atoms with Gasteiger partial charge in [0.15, 0.2) is 0 Å². The van der Waals surface area contributed by atoms with Crippen molar-refractivity contribution in [2.24, 2.45) is 10.4 Å². The van der Waals surface area contributed by atoms with Gasteiger partial charge in [-0.3, -0.25) is 4.99 Å². The van der Waals surface area contributed by atoms with E-state index in [-0.39, 0.29) is 55.2 Å². The van der Waals surface area contributed by atoms with Crippen LogP contribution in [0.4, 0.5) is 39.5 Å². The van der Waals surface area contributed by atoms with Gasteiger partial charge in [-0.2, -0.15) is 39.5 Å². The number of phenolic OH excluding ortho intramolecular Hbond substituents is 3. The van der Waals surface area contributed by atoms with Crippen LogP contribution in [-0.2, 0) is 31.6 Å². The summed E-state index contributed by atoms with van der Waals surface area (Å²) in [4.78, 5) is 5.76. The van der Waals surface area contributed by atoms with Crippen LogP contribution in [0.15, 0.2) is 59.6 Å². The van der Waals surface area contributed by atoms with Crippen LogP contribution in [0.1, 0.15) is 40.3 Å². The van der Waals surface area contributed by atoms with Crippen LogP contribution in [0.3, 0.4) is 0 Å². The number of aliphatic imine (C=N–C) groups is 1. The van der Waals surface area contributed by atoms with E-state index in [4.69, 9.17) is 0 Å². The molecule has 3 rings (SSSR count). The zero-order valence-electron chi connectivity index (χ0n) is 23.9. The monoisotopic (exact) mass is 651 g/mol. The molecule has 0 aliphatic rings. The molecular weight excluding hydrogens is 621 g/mol. The molecule has 3 aromatic rings. The standard InChI is InChI=1S/C30H30F9N3O3/c1-27(15-40-12-18-9-21(28(31,32)33)3-6-24(18)43,16-41-13-19-10-22(29(34,35)36)4-7-25(19)44)17-42(2)14-20-11-23(30(37,38)39)5-8-26(20)45/h3-12,41,43-45H,13-17H2,1-2H3/b40-12+. The molecule has 0 saturated heterocycles. The van der Waals surface area contributed by atoms with Gasteiger partial charge in [0.05, 0.1) is 16.7 Å². The molecule has 246 valence electrons. The smallest absolute Gasteiger partial charge is 0.416 e. The number of hydrogen-bond acceptors (Lipinski definition) is 6. The van der Waals surface area contributed by atoms with Crippen LogP contribution in [-0.4, -0.2) is 53.1 Å². The predicted molar refractivity (Wildman–Crippen MR) is 148 cm³/mol. The zero-order valence-corrected chi connectivity index (χ0v) is 23.9. The Labute approximate surface area is 252 Å². The largest absolute Gasteiger partial charge is 0.508 e. The molecule has 0 radical (unpaired) electrons. The summed E-state index contributed by atoms with van der Waals surface area (Å²) < 4.78 is 119. The first kappa shape index (κ1) is 35.5. The molecule has 0 fully saturated rings. The van der Waals surface area contributed by atoms with E-state index >= 15 is 0 Å². The zero-order chi connectivity index (χ0) is 33.8. The van der Waals surface area contributed by atoms with E-state index in [1.54, 1.807) is 18.9 Å². The van der Waals surface area contributed by atoms with Gasteiger partial charge in [-0.05, 0) is 61.6 Å². The summed E-state index contributed by atoms with van der Waals surface area (Å²) >= 11 is 0. The number of phenols is 3. The Morgan fingerprint density at radius 3 is 1.71 bits per heavy atom. The highest BCUT2D eigenvalue weighted by molar-refractivity contribution is 5.83. The third-order valence-electron chi connectivity index (χ3n) is 6.83. The van der Waals surface area contributed by atoms with Crippen molar-refractivity contribution in [2.45, 2.75) is 38.5 Å². The molecule has 45 heavy (non-hydrogen) atoms. The van der Waals surface area contributed by atoms with Crippen molar-refractivity contribution in [2.75, 3.05) is 26.7 Å². The summed E-state index contributed by atoms with van der Waals surface area (Å²) in [5, 5.41) is 33.2. The van der Waals surface area contributed by atoms with Gasteiger partial charge in [0, 0.05) is 61.0 Å². The summed E-state index contributed by atoms with van der Waals surface area (Å²) in [5.74, 6) is -1.25. The van der Waals surface area contributed by atoms with Gasteiger partial charge >= 0.3 is 18.5 Å². The van der Waals surface area contributed by atoms with E-state index in [9.17, 15) is 54.8 Å². The minimum absolute atomic E-state index is 0.00745. The van der Waals surface area contributed by atoms with Gasteiger partial charge in [-0.25, -0.2) is 0 Å². The molecule has 4 N–H and O–H groups in total. The van der Waals surface area contributed by atoms with Crippen LogP contribution >= 0.6 is 0 Å². The maximum Gasteiger partial charge on any atom is 0.416 e. The van der Waals surface area contributed by atoms with Crippen LogP contribution < -0.4 is 5.32 Å². The van der Waals surface area contributed by atoms with E-state index in [1.807, 2.05) is 0 Å². The lowest BCUT2D eigenvalue weighted by Crippen LogP contribution is -2.43. The van der Waals surface area contributed by atoms with Crippen molar-refractivity contribution < 1.29 is 54.8 Å². The summed E-state index contributed by atoms with van der Waals surface area (Å²) in [5.41, 5.74) is -4.26. The molecule has 0 amide bonds. The van der Waals surface area contributed by atoms with Crippen molar-refractivity contribution in [3.63, 3.8) is 0 Å². The Kier molecular flexibility index (Phi) is 10.7. The minimum Gasteiger partial charge on any atom is -0.508 e. The molecule has 1 atom stereocenters. The molecule has 0 aromatic heterocycles. The maximum absolute atomic E-state index is 13.2. The Morgan fingerprint density at radius 2 is 1.18 bits per heavy atom. The van der Waals surface area contributed by atoms with E-state index < -0.39 is 52.1 Å². The molecule has 0 saturated carbocycles. The number of hydrogen-bond donors (Lipinski definition) is 4. The summed E-state index contributed by atoms with van der Waals surface area (Å²) in [6.45, 7) is 1.24. The number of halogens is 9. The van der Waals surface area contributed by atoms with E-state index in [0.717, 1.165) is 48.7 Å².